The summed E-state index contributed by atoms with van der Waals surface area (Å²) in [4.78, 5) is 7.46. The van der Waals surface area contributed by atoms with Crippen LogP contribution in [0.25, 0.3) is 0 Å². The van der Waals surface area contributed by atoms with E-state index in [0.717, 1.165) is 11.9 Å². The number of thioether (sulfide) groups is 1. The van der Waals surface area contributed by atoms with Crippen LogP contribution in [-0.4, -0.2) is 15.7 Å². The number of hydrogen-bond donors (Lipinski definition) is 0. The molecule has 0 aliphatic heterocycles. The van der Waals surface area contributed by atoms with E-state index in [-0.39, 0.29) is 11.1 Å². The maximum absolute atomic E-state index is 13.2. The molecule has 0 spiro atoms. The normalized spacial score (nSPS) is 17.2. The van der Waals surface area contributed by atoms with Gasteiger partial charge in [0.25, 0.3) is 0 Å². The molecule has 0 N–H and O–H groups in total. The van der Waals surface area contributed by atoms with Crippen LogP contribution < -0.4 is 0 Å². The SMILES string of the molecule is Fc1cnc(Cl)nc1SCC1CCCC1. The van der Waals surface area contributed by atoms with Gasteiger partial charge in [-0.05, 0) is 30.4 Å². The highest BCUT2D eigenvalue weighted by Gasteiger charge is 2.16. The number of aromatic nitrogens is 2. The summed E-state index contributed by atoms with van der Waals surface area (Å²) in [6.45, 7) is 0. The van der Waals surface area contributed by atoms with Gasteiger partial charge in [-0.1, -0.05) is 12.8 Å². The van der Waals surface area contributed by atoms with Crippen LogP contribution in [0, 0.1) is 11.7 Å². The monoisotopic (exact) mass is 246 g/mol. The van der Waals surface area contributed by atoms with Crippen molar-refractivity contribution in [3.05, 3.63) is 17.3 Å². The van der Waals surface area contributed by atoms with Crippen LogP contribution in [0.2, 0.25) is 5.28 Å². The zero-order chi connectivity index (χ0) is 10.7. The van der Waals surface area contributed by atoms with E-state index in [4.69, 9.17) is 11.6 Å². The summed E-state index contributed by atoms with van der Waals surface area (Å²) < 4.78 is 13.2. The molecule has 1 saturated carbocycles. The fraction of sp³-hybridized carbons (Fsp3) is 0.600. The van der Waals surface area contributed by atoms with Gasteiger partial charge in [-0.2, -0.15) is 0 Å². The molecule has 0 saturated heterocycles. The van der Waals surface area contributed by atoms with Gasteiger partial charge < -0.3 is 0 Å². The van der Waals surface area contributed by atoms with Gasteiger partial charge >= 0.3 is 0 Å². The first kappa shape index (κ1) is 11.1. The van der Waals surface area contributed by atoms with Crippen LogP contribution in [0.4, 0.5) is 4.39 Å². The molecule has 1 aromatic rings. The average molecular weight is 247 g/mol. The first-order valence-electron chi connectivity index (χ1n) is 5.06. The summed E-state index contributed by atoms with van der Waals surface area (Å²) in [6.07, 6.45) is 6.25. The molecule has 82 valence electrons. The Kier molecular flexibility index (Phi) is 3.81. The molecule has 2 nitrogen and oxygen atoms in total. The van der Waals surface area contributed by atoms with E-state index >= 15 is 0 Å². The third-order valence-electron chi connectivity index (χ3n) is 2.61. The largest absolute Gasteiger partial charge is 0.223 e. The second-order valence-electron chi connectivity index (χ2n) is 3.75. The smallest absolute Gasteiger partial charge is 0.223 e. The molecule has 5 heteroatoms. The van der Waals surface area contributed by atoms with Crippen LogP contribution in [-0.2, 0) is 0 Å². The van der Waals surface area contributed by atoms with Crippen molar-refractivity contribution in [2.24, 2.45) is 5.92 Å². The number of halogens is 2. The highest BCUT2D eigenvalue weighted by atomic mass is 35.5. The first-order valence-corrected chi connectivity index (χ1v) is 6.43. The lowest BCUT2D eigenvalue weighted by Gasteiger charge is -2.07. The molecule has 0 bridgehead atoms. The summed E-state index contributed by atoms with van der Waals surface area (Å²) in [6, 6.07) is 0. The molecule has 0 atom stereocenters. The molecule has 1 heterocycles. The zero-order valence-corrected chi connectivity index (χ0v) is 9.82. The lowest BCUT2D eigenvalue weighted by Crippen LogP contribution is -1.99. The maximum atomic E-state index is 13.2. The van der Waals surface area contributed by atoms with Crippen LogP contribution in [0.1, 0.15) is 25.7 Å². The van der Waals surface area contributed by atoms with E-state index in [1.807, 2.05) is 0 Å². The van der Waals surface area contributed by atoms with Crippen LogP contribution in [0.15, 0.2) is 11.2 Å². The van der Waals surface area contributed by atoms with E-state index in [0.29, 0.717) is 10.9 Å². The van der Waals surface area contributed by atoms with Crippen molar-refractivity contribution in [3.63, 3.8) is 0 Å². The number of nitrogens with zero attached hydrogens (tertiary/aromatic N) is 2. The van der Waals surface area contributed by atoms with E-state index in [9.17, 15) is 4.39 Å². The standard InChI is InChI=1S/C10H12ClFN2S/c11-10-13-5-8(12)9(14-10)15-6-7-3-1-2-4-7/h5,7H,1-4,6H2. The molecule has 2 rings (SSSR count). The van der Waals surface area contributed by atoms with Crippen molar-refractivity contribution in [2.45, 2.75) is 30.7 Å². The predicted octanol–water partition coefficient (Wildman–Crippen LogP) is 3.55. The van der Waals surface area contributed by atoms with Crippen molar-refractivity contribution in [2.75, 3.05) is 5.75 Å². The molecule has 15 heavy (non-hydrogen) atoms. The van der Waals surface area contributed by atoms with Gasteiger partial charge in [-0.3, -0.25) is 0 Å². The van der Waals surface area contributed by atoms with Gasteiger partial charge in [0, 0.05) is 5.75 Å². The van der Waals surface area contributed by atoms with Gasteiger partial charge in [0.05, 0.1) is 6.20 Å². The Morgan fingerprint density at radius 2 is 2.20 bits per heavy atom. The second kappa shape index (κ2) is 5.12. The molecule has 0 aromatic carbocycles. The Morgan fingerprint density at radius 1 is 1.47 bits per heavy atom. The molecule has 1 fully saturated rings. The summed E-state index contributed by atoms with van der Waals surface area (Å²) in [5.74, 6) is 1.27. The van der Waals surface area contributed by atoms with Crippen LogP contribution in [0.3, 0.4) is 0 Å². The average Bonchev–Trinajstić information content (AvgIpc) is 2.72. The molecule has 0 radical (unpaired) electrons. The third-order valence-corrected chi connectivity index (χ3v) is 3.99. The van der Waals surface area contributed by atoms with Crippen molar-refractivity contribution in [1.82, 2.24) is 9.97 Å². The Morgan fingerprint density at radius 3 is 2.93 bits per heavy atom. The van der Waals surface area contributed by atoms with Crippen LogP contribution >= 0.6 is 23.4 Å². The van der Waals surface area contributed by atoms with E-state index < -0.39 is 0 Å². The molecule has 1 aliphatic carbocycles. The van der Waals surface area contributed by atoms with Gasteiger partial charge in [0.1, 0.15) is 5.03 Å². The number of rotatable bonds is 3. The van der Waals surface area contributed by atoms with Crippen molar-refractivity contribution >= 4 is 23.4 Å². The topological polar surface area (TPSA) is 25.8 Å². The highest BCUT2D eigenvalue weighted by molar-refractivity contribution is 7.99. The quantitative estimate of drug-likeness (QED) is 0.463. The Bertz CT molecular complexity index is 342. The van der Waals surface area contributed by atoms with Gasteiger partial charge in [0.2, 0.25) is 5.28 Å². The minimum Gasteiger partial charge on any atom is -0.223 e. The molecular weight excluding hydrogens is 235 g/mol. The first-order chi connectivity index (χ1) is 7.25. The molecule has 0 unspecified atom stereocenters. The number of hydrogen-bond acceptors (Lipinski definition) is 3. The Labute approximate surface area is 97.6 Å². The lowest BCUT2D eigenvalue weighted by atomic mass is 10.1. The van der Waals surface area contributed by atoms with Crippen molar-refractivity contribution < 1.29 is 4.39 Å². The maximum Gasteiger partial charge on any atom is 0.223 e. The minimum absolute atomic E-state index is 0.116. The third kappa shape index (κ3) is 3.05. The second-order valence-corrected chi connectivity index (χ2v) is 5.10. The fourth-order valence-corrected chi connectivity index (χ4v) is 3.06. The fourth-order valence-electron chi connectivity index (χ4n) is 1.81. The minimum atomic E-state index is -0.373. The summed E-state index contributed by atoms with van der Waals surface area (Å²) in [5.41, 5.74) is 0. The molecule has 0 amide bonds. The lowest BCUT2D eigenvalue weighted by molar-refractivity contribution is 0.576. The molecular formula is C10H12ClFN2S. The Hall–Kier alpha value is -0.350. The molecule has 1 aliphatic rings. The zero-order valence-electron chi connectivity index (χ0n) is 8.25. The molecule has 1 aromatic heterocycles. The Balaban J connectivity index is 1.94. The summed E-state index contributed by atoms with van der Waals surface area (Å²) in [5, 5.41) is 0.493. The van der Waals surface area contributed by atoms with Crippen molar-refractivity contribution in [3.8, 4) is 0 Å². The van der Waals surface area contributed by atoms with Crippen molar-refractivity contribution in [1.29, 1.82) is 0 Å². The summed E-state index contributed by atoms with van der Waals surface area (Å²) >= 11 is 7.06. The van der Waals surface area contributed by atoms with E-state index in [2.05, 4.69) is 9.97 Å². The summed E-state index contributed by atoms with van der Waals surface area (Å²) in [7, 11) is 0. The van der Waals surface area contributed by atoms with E-state index in [1.54, 1.807) is 0 Å². The van der Waals surface area contributed by atoms with Crippen LogP contribution in [0.5, 0.6) is 0 Å². The van der Waals surface area contributed by atoms with Gasteiger partial charge in [0.15, 0.2) is 5.82 Å². The highest BCUT2D eigenvalue weighted by Crippen LogP contribution is 2.31. The van der Waals surface area contributed by atoms with Gasteiger partial charge in [-0.15, -0.1) is 11.8 Å². The predicted molar refractivity (Wildman–Crippen MR) is 59.7 cm³/mol. The van der Waals surface area contributed by atoms with Gasteiger partial charge in [-0.25, -0.2) is 14.4 Å². The van der Waals surface area contributed by atoms with E-state index in [1.165, 1.54) is 37.4 Å².